The van der Waals surface area contributed by atoms with Gasteiger partial charge in [-0.3, -0.25) is 14.5 Å². The van der Waals surface area contributed by atoms with E-state index < -0.39 is 5.91 Å². The summed E-state index contributed by atoms with van der Waals surface area (Å²) >= 11 is 0. The third-order valence-electron chi connectivity index (χ3n) is 3.51. The van der Waals surface area contributed by atoms with Gasteiger partial charge >= 0.3 is 0 Å². The van der Waals surface area contributed by atoms with E-state index >= 15 is 0 Å². The van der Waals surface area contributed by atoms with Crippen LogP contribution in [0.2, 0.25) is 0 Å². The number of rotatable bonds is 5. The van der Waals surface area contributed by atoms with E-state index in [1.165, 1.54) is 0 Å². The molecule has 4 N–H and O–H groups in total. The molecule has 20 heavy (non-hydrogen) atoms. The van der Waals surface area contributed by atoms with E-state index in [1.807, 2.05) is 4.90 Å². The fraction of sp³-hybridized carbons (Fsp3) is 0.429. The van der Waals surface area contributed by atoms with Gasteiger partial charge in [0, 0.05) is 17.3 Å². The van der Waals surface area contributed by atoms with Crippen molar-refractivity contribution in [2.45, 2.75) is 18.9 Å². The molecule has 0 aromatic heterocycles. The fourth-order valence-corrected chi connectivity index (χ4v) is 2.41. The van der Waals surface area contributed by atoms with Crippen LogP contribution in [0.1, 0.15) is 23.2 Å². The lowest BCUT2D eigenvalue weighted by Crippen LogP contribution is -2.38. The van der Waals surface area contributed by atoms with E-state index in [4.69, 9.17) is 5.73 Å². The summed E-state index contributed by atoms with van der Waals surface area (Å²) < 4.78 is 0. The van der Waals surface area contributed by atoms with Crippen molar-refractivity contribution >= 4 is 17.5 Å². The third kappa shape index (κ3) is 3.55. The number of hydrogen-bond acceptors (Lipinski definition) is 4. The van der Waals surface area contributed by atoms with E-state index in [0.717, 1.165) is 19.4 Å². The average molecular weight is 277 g/mol. The van der Waals surface area contributed by atoms with Crippen molar-refractivity contribution < 1.29 is 14.7 Å². The van der Waals surface area contributed by atoms with Crippen LogP contribution in [0.5, 0.6) is 0 Å². The lowest BCUT2D eigenvalue weighted by molar-refractivity contribution is -0.117. The lowest BCUT2D eigenvalue weighted by atomic mass is 10.2. The number of amides is 2. The number of anilines is 1. The number of carbonyl (C=O) groups excluding carboxylic acids is 2. The topological polar surface area (TPSA) is 95.7 Å². The molecule has 2 rings (SSSR count). The van der Waals surface area contributed by atoms with Crippen molar-refractivity contribution in [3.63, 3.8) is 0 Å². The minimum Gasteiger partial charge on any atom is -0.395 e. The molecule has 1 fully saturated rings. The highest BCUT2D eigenvalue weighted by Crippen LogP contribution is 2.16. The highest BCUT2D eigenvalue weighted by Gasteiger charge is 2.25. The van der Waals surface area contributed by atoms with Gasteiger partial charge in [-0.15, -0.1) is 0 Å². The van der Waals surface area contributed by atoms with Crippen LogP contribution < -0.4 is 11.1 Å². The van der Waals surface area contributed by atoms with Crippen molar-refractivity contribution in [3.8, 4) is 0 Å². The Balaban J connectivity index is 1.89. The highest BCUT2D eigenvalue weighted by atomic mass is 16.3. The summed E-state index contributed by atoms with van der Waals surface area (Å²) in [7, 11) is 0. The Kier molecular flexibility index (Phi) is 4.70. The van der Waals surface area contributed by atoms with Crippen molar-refractivity contribution in [1.82, 2.24) is 4.90 Å². The molecule has 0 radical (unpaired) electrons. The number of nitrogens with two attached hydrogens (primary N) is 1. The molecule has 1 heterocycles. The summed E-state index contributed by atoms with van der Waals surface area (Å²) in [5, 5.41) is 12.0. The standard InChI is InChI=1S/C14H19N3O3/c15-14(20)10-3-5-11(6-4-10)16-13(19)8-17-7-1-2-12(17)9-18/h3-6,12,18H,1-2,7-9H2,(H2,15,20)(H,16,19)/t12-/m1/s1. The number of benzene rings is 1. The third-order valence-corrected chi connectivity index (χ3v) is 3.51. The molecule has 6 heteroatoms. The number of aliphatic hydroxyl groups is 1. The molecule has 1 aliphatic rings. The van der Waals surface area contributed by atoms with Gasteiger partial charge in [0.15, 0.2) is 0 Å². The van der Waals surface area contributed by atoms with Gasteiger partial charge in [0.25, 0.3) is 0 Å². The van der Waals surface area contributed by atoms with Crippen LogP contribution in [-0.2, 0) is 4.79 Å². The largest absolute Gasteiger partial charge is 0.395 e. The van der Waals surface area contributed by atoms with Crippen LogP contribution in [-0.4, -0.2) is 47.6 Å². The Morgan fingerprint density at radius 2 is 2.05 bits per heavy atom. The normalized spacial score (nSPS) is 18.9. The first-order valence-corrected chi connectivity index (χ1v) is 6.65. The van der Waals surface area contributed by atoms with Crippen molar-refractivity contribution in [1.29, 1.82) is 0 Å². The summed E-state index contributed by atoms with van der Waals surface area (Å²) in [6.07, 6.45) is 1.93. The summed E-state index contributed by atoms with van der Waals surface area (Å²) in [5.74, 6) is -0.622. The summed E-state index contributed by atoms with van der Waals surface area (Å²) in [6, 6.07) is 6.52. The average Bonchev–Trinajstić information content (AvgIpc) is 2.86. The Morgan fingerprint density at radius 3 is 2.65 bits per heavy atom. The van der Waals surface area contributed by atoms with Gasteiger partial charge < -0.3 is 16.2 Å². The monoisotopic (exact) mass is 277 g/mol. The van der Waals surface area contributed by atoms with Crippen LogP contribution in [0.3, 0.4) is 0 Å². The second kappa shape index (κ2) is 6.49. The molecule has 0 unspecified atom stereocenters. The predicted octanol–water partition coefficient (Wildman–Crippen LogP) is 0.181. The fourth-order valence-electron chi connectivity index (χ4n) is 2.41. The van der Waals surface area contributed by atoms with E-state index in [0.29, 0.717) is 11.3 Å². The quantitative estimate of drug-likeness (QED) is 0.715. The first-order valence-electron chi connectivity index (χ1n) is 6.65. The Bertz CT molecular complexity index is 487. The van der Waals surface area contributed by atoms with Gasteiger partial charge in [-0.05, 0) is 43.7 Å². The number of likely N-dealkylation sites (tertiary alicyclic amines) is 1. The first kappa shape index (κ1) is 14.5. The number of carbonyl (C=O) groups is 2. The molecule has 0 aliphatic carbocycles. The number of nitrogens with one attached hydrogen (secondary N) is 1. The molecule has 0 bridgehead atoms. The SMILES string of the molecule is NC(=O)c1ccc(NC(=O)CN2CCC[C@@H]2CO)cc1. The van der Waals surface area contributed by atoms with Gasteiger partial charge in [-0.1, -0.05) is 0 Å². The predicted molar refractivity (Wildman–Crippen MR) is 75.3 cm³/mol. The van der Waals surface area contributed by atoms with E-state index in [9.17, 15) is 14.7 Å². The van der Waals surface area contributed by atoms with Crippen LogP contribution in [0.4, 0.5) is 5.69 Å². The zero-order chi connectivity index (χ0) is 14.5. The van der Waals surface area contributed by atoms with Crippen molar-refractivity contribution in [2.24, 2.45) is 5.73 Å². The maximum atomic E-state index is 11.9. The van der Waals surface area contributed by atoms with Crippen LogP contribution in [0.25, 0.3) is 0 Å². The highest BCUT2D eigenvalue weighted by molar-refractivity contribution is 5.95. The molecule has 1 saturated heterocycles. The molecule has 2 amide bonds. The molecule has 108 valence electrons. The maximum absolute atomic E-state index is 11.9. The molecule has 1 aromatic rings. The minimum absolute atomic E-state index is 0.0815. The molecule has 1 atom stereocenters. The van der Waals surface area contributed by atoms with Gasteiger partial charge in [-0.25, -0.2) is 0 Å². The molecular weight excluding hydrogens is 258 g/mol. The van der Waals surface area contributed by atoms with Crippen LogP contribution in [0, 0.1) is 0 Å². The summed E-state index contributed by atoms with van der Waals surface area (Å²) in [5.41, 5.74) is 6.18. The second-order valence-corrected chi connectivity index (χ2v) is 4.94. The molecule has 0 saturated carbocycles. The van der Waals surface area contributed by atoms with Crippen molar-refractivity contribution in [2.75, 3.05) is 25.0 Å². The second-order valence-electron chi connectivity index (χ2n) is 4.94. The van der Waals surface area contributed by atoms with E-state index in [1.54, 1.807) is 24.3 Å². The zero-order valence-electron chi connectivity index (χ0n) is 11.2. The lowest BCUT2D eigenvalue weighted by Gasteiger charge is -2.21. The maximum Gasteiger partial charge on any atom is 0.248 e. The van der Waals surface area contributed by atoms with Gasteiger partial charge in [0.2, 0.25) is 11.8 Å². The molecule has 0 spiro atoms. The minimum atomic E-state index is -0.495. The smallest absolute Gasteiger partial charge is 0.248 e. The van der Waals surface area contributed by atoms with E-state index in [2.05, 4.69) is 5.32 Å². The number of nitrogens with zero attached hydrogens (tertiary/aromatic N) is 1. The number of aliphatic hydroxyl groups excluding tert-OH is 1. The van der Waals surface area contributed by atoms with Gasteiger partial charge in [0.05, 0.1) is 13.2 Å². The molecule has 1 aromatic carbocycles. The van der Waals surface area contributed by atoms with Crippen LogP contribution >= 0.6 is 0 Å². The Labute approximate surface area is 117 Å². The number of primary amides is 1. The van der Waals surface area contributed by atoms with Gasteiger partial charge in [-0.2, -0.15) is 0 Å². The Morgan fingerprint density at radius 1 is 1.35 bits per heavy atom. The molecule has 1 aliphatic heterocycles. The first-order chi connectivity index (χ1) is 9.60. The summed E-state index contributed by atoms with van der Waals surface area (Å²) in [6.45, 7) is 1.18. The zero-order valence-corrected chi connectivity index (χ0v) is 11.2. The molecular formula is C14H19N3O3. The summed E-state index contributed by atoms with van der Waals surface area (Å²) in [4.78, 5) is 24.8. The number of hydrogen-bond donors (Lipinski definition) is 3. The molecule has 6 nitrogen and oxygen atoms in total. The van der Waals surface area contributed by atoms with Gasteiger partial charge in [0.1, 0.15) is 0 Å². The van der Waals surface area contributed by atoms with Crippen molar-refractivity contribution in [3.05, 3.63) is 29.8 Å². The van der Waals surface area contributed by atoms with E-state index in [-0.39, 0.29) is 25.1 Å². The van der Waals surface area contributed by atoms with Crippen LogP contribution in [0.15, 0.2) is 24.3 Å². The Hall–Kier alpha value is -1.92.